The molecule has 0 radical (unpaired) electrons. The van der Waals surface area contributed by atoms with E-state index in [1.807, 2.05) is 24.3 Å². The zero-order valence-corrected chi connectivity index (χ0v) is 7.82. The number of rotatable bonds is 3. The first kappa shape index (κ1) is 9.49. The predicted octanol–water partition coefficient (Wildman–Crippen LogP) is 2.00. The molecule has 0 spiro atoms. The molecule has 0 saturated carbocycles. The summed E-state index contributed by atoms with van der Waals surface area (Å²) in [6.07, 6.45) is 0. The van der Waals surface area contributed by atoms with Crippen LogP contribution in [-0.4, -0.2) is 20.2 Å². The molecule has 0 aliphatic heterocycles. The van der Waals surface area contributed by atoms with Crippen LogP contribution in [0.3, 0.4) is 0 Å². The van der Waals surface area contributed by atoms with Gasteiger partial charge in [0, 0.05) is 7.05 Å². The standard InChI is InChI=1S/C10H12N2O/c1-11-8-12-7-9-3-5-10(13-2)6-4-9/h3-6H,7H2,1-2H3. The van der Waals surface area contributed by atoms with Gasteiger partial charge in [0.25, 0.3) is 0 Å². The molecule has 0 aliphatic carbocycles. The smallest absolute Gasteiger partial charge is 0.118 e. The summed E-state index contributed by atoms with van der Waals surface area (Å²) in [5.74, 6) is 0.858. The third kappa shape index (κ3) is 3.09. The molecule has 0 N–H and O–H groups in total. The van der Waals surface area contributed by atoms with E-state index in [0.29, 0.717) is 6.54 Å². The van der Waals surface area contributed by atoms with Gasteiger partial charge >= 0.3 is 0 Å². The van der Waals surface area contributed by atoms with Crippen molar-refractivity contribution in [3.63, 3.8) is 0 Å². The Kier molecular flexibility index (Phi) is 3.74. The van der Waals surface area contributed by atoms with Gasteiger partial charge in [-0.25, -0.2) is 9.98 Å². The zero-order chi connectivity index (χ0) is 9.52. The highest BCUT2D eigenvalue weighted by Crippen LogP contribution is 2.11. The Bertz CT molecular complexity index is 310. The van der Waals surface area contributed by atoms with Crippen molar-refractivity contribution in [1.82, 2.24) is 0 Å². The fourth-order valence-electron chi connectivity index (χ4n) is 0.928. The summed E-state index contributed by atoms with van der Waals surface area (Å²) in [7, 11) is 3.30. The highest BCUT2D eigenvalue weighted by Gasteiger charge is 1.91. The molecule has 3 nitrogen and oxygen atoms in total. The van der Waals surface area contributed by atoms with Crippen LogP contribution in [0.15, 0.2) is 34.3 Å². The van der Waals surface area contributed by atoms with Gasteiger partial charge in [0.05, 0.1) is 19.7 Å². The minimum Gasteiger partial charge on any atom is -0.497 e. The number of ether oxygens (including phenoxy) is 1. The van der Waals surface area contributed by atoms with Gasteiger partial charge in [-0.3, -0.25) is 0 Å². The third-order valence-electron chi connectivity index (χ3n) is 1.59. The lowest BCUT2D eigenvalue weighted by Gasteiger charge is -1.99. The Balaban J connectivity index is 2.64. The zero-order valence-electron chi connectivity index (χ0n) is 7.82. The molecule has 13 heavy (non-hydrogen) atoms. The second kappa shape index (κ2) is 5.12. The fourth-order valence-corrected chi connectivity index (χ4v) is 0.928. The van der Waals surface area contributed by atoms with E-state index in [4.69, 9.17) is 4.74 Å². The van der Waals surface area contributed by atoms with E-state index >= 15 is 0 Å². The van der Waals surface area contributed by atoms with Crippen molar-refractivity contribution in [3.05, 3.63) is 29.8 Å². The van der Waals surface area contributed by atoms with E-state index in [-0.39, 0.29) is 0 Å². The predicted molar refractivity (Wildman–Crippen MR) is 52.5 cm³/mol. The van der Waals surface area contributed by atoms with Crippen LogP contribution in [-0.2, 0) is 6.54 Å². The van der Waals surface area contributed by atoms with Crippen LogP contribution in [0.4, 0.5) is 0 Å². The maximum atomic E-state index is 5.03. The first-order valence-electron chi connectivity index (χ1n) is 4.00. The fraction of sp³-hybridized carbons (Fsp3) is 0.300. The van der Waals surface area contributed by atoms with E-state index in [1.54, 1.807) is 14.2 Å². The van der Waals surface area contributed by atoms with Crippen molar-refractivity contribution >= 4 is 6.01 Å². The average Bonchev–Trinajstić information content (AvgIpc) is 2.19. The van der Waals surface area contributed by atoms with Crippen molar-refractivity contribution in [1.29, 1.82) is 0 Å². The first-order valence-corrected chi connectivity index (χ1v) is 4.00. The van der Waals surface area contributed by atoms with Crippen LogP contribution in [0.1, 0.15) is 5.56 Å². The highest BCUT2D eigenvalue weighted by molar-refractivity contribution is 5.41. The molecule has 68 valence electrons. The molecule has 0 saturated heterocycles. The molecule has 1 aromatic rings. The van der Waals surface area contributed by atoms with E-state index in [1.165, 1.54) is 0 Å². The van der Waals surface area contributed by atoms with Gasteiger partial charge in [-0.1, -0.05) is 12.1 Å². The molecule has 0 bridgehead atoms. The molecular weight excluding hydrogens is 164 g/mol. The number of benzene rings is 1. The number of hydrogen-bond donors (Lipinski definition) is 0. The lowest BCUT2D eigenvalue weighted by Crippen LogP contribution is -1.84. The molecule has 3 heteroatoms. The Labute approximate surface area is 77.8 Å². The second-order valence-corrected chi connectivity index (χ2v) is 2.49. The molecular formula is C10H12N2O. The number of nitrogens with zero attached hydrogens (tertiary/aromatic N) is 2. The van der Waals surface area contributed by atoms with Crippen molar-refractivity contribution < 1.29 is 4.74 Å². The highest BCUT2D eigenvalue weighted by atomic mass is 16.5. The molecule has 1 rings (SSSR count). The van der Waals surface area contributed by atoms with E-state index in [0.717, 1.165) is 11.3 Å². The normalized spacial score (nSPS) is 8.77. The largest absolute Gasteiger partial charge is 0.497 e. The summed E-state index contributed by atoms with van der Waals surface area (Å²) >= 11 is 0. The molecule has 0 fully saturated rings. The Morgan fingerprint density at radius 1 is 1.31 bits per heavy atom. The third-order valence-corrected chi connectivity index (χ3v) is 1.59. The van der Waals surface area contributed by atoms with Crippen LogP contribution in [0.2, 0.25) is 0 Å². The monoisotopic (exact) mass is 176 g/mol. The molecule has 0 amide bonds. The van der Waals surface area contributed by atoms with Crippen LogP contribution in [0.5, 0.6) is 5.75 Å². The molecule has 0 aromatic heterocycles. The van der Waals surface area contributed by atoms with E-state index in [2.05, 4.69) is 16.0 Å². The van der Waals surface area contributed by atoms with Gasteiger partial charge in [0.1, 0.15) is 5.75 Å². The minimum absolute atomic E-state index is 0.612. The van der Waals surface area contributed by atoms with Gasteiger partial charge in [-0.2, -0.15) is 0 Å². The Morgan fingerprint density at radius 2 is 2.00 bits per heavy atom. The lowest BCUT2D eigenvalue weighted by molar-refractivity contribution is 0.414. The van der Waals surface area contributed by atoms with Crippen molar-refractivity contribution in [2.75, 3.05) is 14.2 Å². The Hall–Kier alpha value is -1.60. The quantitative estimate of drug-likeness (QED) is 0.648. The average molecular weight is 176 g/mol. The second-order valence-electron chi connectivity index (χ2n) is 2.49. The summed E-state index contributed by atoms with van der Waals surface area (Å²) in [6.45, 7) is 0.612. The summed E-state index contributed by atoms with van der Waals surface area (Å²) in [6, 6.07) is 10.3. The molecule has 0 unspecified atom stereocenters. The summed E-state index contributed by atoms with van der Waals surface area (Å²) in [5.41, 5.74) is 1.12. The lowest BCUT2D eigenvalue weighted by atomic mass is 10.2. The van der Waals surface area contributed by atoms with Crippen LogP contribution < -0.4 is 4.74 Å². The summed E-state index contributed by atoms with van der Waals surface area (Å²) in [5, 5.41) is 0. The van der Waals surface area contributed by atoms with Gasteiger partial charge in [-0.05, 0) is 17.7 Å². The number of hydrogen-bond acceptors (Lipinski definition) is 3. The Morgan fingerprint density at radius 3 is 2.54 bits per heavy atom. The van der Waals surface area contributed by atoms with Crippen LogP contribution >= 0.6 is 0 Å². The van der Waals surface area contributed by atoms with Crippen LogP contribution in [0, 0.1) is 0 Å². The van der Waals surface area contributed by atoms with E-state index in [9.17, 15) is 0 Å². The van der Waals surface area contributed by atoms with Crippen molar-refractivity contribution in [2.24, 2.45) is 9.98 Å². The summed E-state index contributed by atoms with van der Waals surface area (Å²) in [4.78, 5) is 7.60. The topological polar surface area (TPSA) is 34.0 Å². The minimum atomic E-state index is 0.612. The van der Waals surface area contributed by atoms with Crippen LogP contribution in [0.25, 0.3) is 0 Å². The van der Waals surface area contributed by atoms with E-state index < -0.39 is 0 Å². The van der Waals surface area contributed by atoms with Crippen molar-refractivity contribution in [3.8, 4) is 5.75 Å². The number of aliphatic imine (C=N–C) groups is 2. The molecule has 1 aromatic carbocycles. The van der Waals surface area contributed by atoms with Gasteiger partial charge < -0.3 is 4.74 Å². The van der Waals surface area contributed by atoms with Crippen molar-refractivity contribution in [2.45, 2.75) is 6.54 Å². The maximum Gasteiger partial charge on any atom is 0.118 e. The molecule has 0 aliphatic rings. The number of methoxy groups -OCH3 is 1. The van der Waals surface area contributed by atoms with Gasteiger partial charge in [-0.15, -0.1) is 0 Å². The van der Waals surface area contributed by atoms with Gasteiger partial charge in [0.15, 0.2) is 0 Å². The molecule has 0 heterocycles. The molecule has 0 atom stereocenters. The SMILES string of the molecule is CN=C=NCc1ccc(OC)cc1. The summed E-state index contributed by atoms with van der Waals surface area (Å²) < 4.78 is 5.03. The first-order chi connectivity index (χ1) is 6.36. The maximum absolute atomic E-state index is 5.03. The van der Waals surface area contributed by atoms with Gasteiger partial charge in [0.2, 0.25) is 0 Å².